The number of anilines is 1. The van der Waals surface area contributed by atoms with Crippen molar-refractivity contribution in [2.24, 2.45) is 5.41 Å². The first-order valence-corrected chi connectivity index (χ1v) is 29.9. The maximum absolute atomic E-state index is 18.2. The van der Waals surface area contributed by atoms with Crippen molar-refractivity contribution in [1.29, 1.82) is 0 Å². The molecule has 3 atom stereocenters. The Morgan fingerprint density at radius 2 is 1.47 bits per heavy atom. The van der Waals surface area contributed by atoms with Crippen molar-refractivity contribution in [1.82, 2.24) is 14.9 Å². The van der Waals surface area contributed by atoms with Gasteiger partial charge in [-0.15, -0.1) is 5.54 Å². The van der Waals surface area contributed by atoms with Crippen LogP contribution in [-0.2, 0) is 9.16 Å². The number of rotatable bonds is 14. The Labute approximate surface area is 420 Å². The van der Waals surface area contributed by atoms with Crippen LogP contribution < -0.4 is 19.1 Å². The highest BCUT2D eigenvalue weighted by molar-refractivity contribution is 6.90. The van der Waals surface area contributed by atoms with Crippen molar-refractivity contribution in [2.75, 3.05) is 38.3 Å². The van der Waals surface area contributed by atoms with E-state index < -0.39 is 117 Å². The summed E-state index contributed by atoms with van der Waals surface area (Å²) in [5, 5.41) is -0.523. The minimum Gasteiger partial charge on any atom is -0.493 e. The minimum atomic E-state index is -3.35. The van der Waals surface area contributed by atoms with Crippen LogP contribution in [0.15, 0.2) is 24.3 Å². The Bertz CT molecular complexity index is 2770. The summed E-state index contributed by atoms with van der Waals surface area (Å²) in [4.78, 5) is 26.1. The summed E-state index contributed by atoms with van der Waals surface area (Å²) in [5.41, 5.74) is -0.693. The molecular formula is C53H69F7N4O6Si2. The van der Waals surface area contributed by atoms with Gasteiger partial charge in [-0.05, 0) is 92.0 Å². The average molecular weight is 1050 g/mol. The number of carbonyl (C=O) groups excluding carboxylic acids is 1. The highest BCUT2D eigenvalue weighted by Crippen LogP contribution is 2.61. The molecule has 2 bridgehead atoms. The Morgan fingerprint density at radius 1 is 0.875 bits per heavy atom. The van der Waals surface area contributed by atoms with Gasteiger partial charge in [0.2, 0.25) is 0 Å². The Kier molecular flexibility index (Phi) is 14.9. The van der Waals surface area contributed by atoms with Crippen molar-refractivity contribution in [2.45, 2.75) is 167 Å². The number of alkyl halides is 4. The number of hydrogen-bond acceptors (Lipinski definition) is 9. The first kappa shape index (κ1) is 55.0. The number of carbonyl (C=O) groups is 1. The molecule has 3 fully saturated rings. The molecule has 3 aliphatic rings. The van der Waals surface area contributed by atoms with Gasteiger partial charge in [0.15, 0.2) is 25.7 Å². The Morgan fingerprint density at radius 3 is 1.99 bits per heavy atom. The molecular weight excluding hydrogens is 978 g/mol. The van der Waals surface area contributed by atoms with Crippen molar-refractivity contribution in [3.8, 4) is 40.1 Å². The maximum atomic E-state index is 18.2. The number of fused-ring (bicyclic) bond motifs is 4. The summed E-state index contributed by atoms with van der Waals surface area (Å²) < 4.78 is 140. The van der Waals surface area contributed by atoms with E-state index in [4.69, 9.17) is 23.4 Å². The molecule has 1 saturated carbocycles. The van der Waals surface area contributed by atoms with Crippen molar-refractivity contribution < 1.29 is 58.9 Å². The molecule has 4 aromatic rings. The van der Waals surface area contributed by atoms with Gasteiger partial charge in [0.05, 0.1) is 41.1 Å². The van der Waals surface area contributed by atoms with Gasteiger partial charge in [0, 0.05) is 37.1 Å². The lowest BCUT2D eigenvalue weighted by Crippen LogP contribution is -2.57. The fraction of sp³-hybridized carbons (Fsp3) is 0.604. The number of methoxy groups -OCH3 is 1. The topological polar surface area (TPSA) is 95.5 Å². The van der Waals surface area contributed by atoms with Crippen molar-refractivity contribution in [3.63, 3.8) is 0 Å². The number of nitrogens with zero attached hydrogens (tertiary/aromatic N) is 4. The Balaban J connectivity index is 1.47. The zero-order valence-electron chi connectivity index (χ0n) is 44.1. The van der Waals surface area contributed by atoms with E-state index in [1.807, 2.05) is 33.9 Å². The molecule has 1 aromatic heterocycles. The van der Waals surface area contributed by atoms with Gasteiger partial charge in [0.1, 0.15) is 43.2 Å². The third kappa shape index (κ3) is 10.1. The molecule has 394 valence electrons. The van der Waals surface area contributed by atoms with E-state index in [2.05, 4.69) is 63.0 Å². The summed E-state index contributed by atoms with van der Waals surface area (Å²) in [6, 6.07) is 3.26. The largest absolute Gasteiger partial charge is 0.493 e. The molecule has 0 spiro atoms. The van der Waals surface area contributed by atoms with Crippen molar-refractivity contribution in [3.05, 3.63) is 47.3 Å². The average Bonchev–Trinajstić information content (AvgIpc) is 3.70. The molecule has 0 N–H and O–H groups in total. The standard InChI is InChI=1S/C53H69F7N4O6Si2/c1-29(2)72(30(3)4,31(5)6)21-20-36-38(54)19-16-32-22-35(69-47(57)58)23-37(39(32)36)40-42(55)44-41(45(66-13)43(40)56)46(63-24-33-17-18-34(25-63)64(33)49(65)70-50(7,8)9)62-48(61-44)67-27-52(26-53(52,59)60)28-68-71(14,15)51(10,11)12/h16,19,22-23,29-31,33-34,47H,17-18,24-28H2,1-15H3. The number of hydrogen-bond donors (Lipinski definition) is 0. The smallest absolute Gasteiger partial charge is 0.410 e. The van der Waals surface area contributed by atoms with E-state index in [9.17, 15) is 13.6 Å². The first-order chi connectivity index (χ1) is 33.3. The van der Waals surface area contributed by atoms with Crippen LogP contribution in [0.1, 0.15) is 108 Å². The van der Waals surface area contributed by atoms with Crippen LogP contribution in [0.4, 0.5) is 41.3 Å². The number of ether oxygens (including phenoxy) is 4. The molecule has 7 rings (SSSR count). The van der Waals surface area contributed by atoms with Gasteiger partial charge in [0.25, 0.3) is 5.92 Å². The molecule has 2 aliphatic heterocycles. The van der Waals surface area contributed by atoms with Crippen LogP contribution in [0.3, 0.4) is 0 Å². The summed E-state index contributed by atoms with van der Waals surface area (Å²) in [5.74, 6) is -4.63. The normalized spacial score (nSPS) is 20.2. The zero-order valence-corrected chi connectivity index (χ0v) is 46.1. The van der Waals surface area contributed by atoms with Gasteiger partial charge in [-0.2, -0.15) is 18.7 Å². The molecule has 19 heteroatoms. The summed E-state index contributed by atoms with van der Waals surface area (Å²) in [7, 11) is -3.94. The lowest BCUT2D eigenvalue weighted by Gasteiger charge is -2.42. The highest BCUT2D eigenvalue weighted by atomic mass is 28.4. The third-order valence-electron chi connectivity index (χ3n) is 15.5. The maximum Gasteiger partial charge on any atom is 0.410 e. The van der Waals surface area contributed by atoms with Gasteiger partial charge in [-0.3, -0.25) is 4.90 Å². The zero-order chi connectivity index (χ0) is 53.4. The van der Waals surface area contributed by atoms with Crippen LogP contribution >= 0.6 is 0 Å². The second kappa shape index (κ2) is 19.5. The number of piperazine rings is 1. The fourth-order valence-corrected chi connectivity index (χ4v) is 16.9. The van der Waals surface area contributed by atoms with Crippen LogP contribution in [0.2, 0.25) is 34.8 Å². The van der Waals surface area contributed by atoms with Crippen molar-refractivity contribution >= 4 is 50.0 Å². The van der Waals surface area contributed by atoms with Crippen LogP contribution in [0.5, 0.6) is 17.5 Å². The van der Waals surface area contributed by atoms with Crippen LogP contribution in [0.25, 0.3) is 32.8 Å². The van der Waals surface area contributed by atoms with Crippen LogP contribution in [0, 0.1) is 34.3 Å². The lowest BCUT2D eigenvalue weighted by molar-refractivity contribution is -0.0497. The predicted octanol–water partition coefficient (Wildman–Crippen LogP) is 14.1. The van der Waals surface area contributed by atoms with Gasteiger partial charge in [-0.25, -0.2) is 26.7 Å². The molecule has 10 nitrogen and oxygen atoms in total. The van der Waals surface area contributed by atoms with Gasteiger partial charge < -0.3 is 28.3 Å². The molecule has 1 aliphatic carbocycles. The summed E-state index contributed by atoms with van der Waals surface area (Å²) in [6.45, 7) is 23.5. The van der Waals surface area contributed by atoms with E-state index in [-0.39, 0.29) is 74.5 Å². The monoisotopic (exact) mass is 1050 g/mol. The van der Waals surface area contributed by atoms with E-state index in [1.54, 1.807) is 30.6 Å². The highest BCUT2D eigenvalue weighted by Gasteiger charge is 2.72. The minimum absolute atomic E-state index is 0.0688. The fourth-order valence-electron chi connectivity index (χ4n) is 10.6. The van der Waals surface area contributed by atoms with Crippen LogP contribution in [-0.4, -0.2) is 101 Å². The summed E-state index contributed by atoms with van der Waals surface area (Å²) in [6.07, 6.45) is 0.0779. The molecule has 2 saturated heterocycles. The molecule has 3 aromatic carbocycles. The third-order valence-corrected chi connectivity index (χ3v) is 26.3. The Hall–Kier alpha value is -4.81. The van der Waals surface area contributed by atoms with Gasteiger partial charge >= 0.3 is 18.7 Å². The molecule has 72 heavy (non-hydrogen) atoms. The van der Waals surface area contributed by atoms with E-state index in [0.29, 0.717) is 12.8 Å². The van der Waals surface area contributed by atoms with E-state index in [1.165, 1.54) is 12.1 Å². The first-order valence-electron chi connectivity index (χ1n) is 24.7. The lowest BCUT2D eigenvalue weighted by atomic mass is 9.92. The molecule has 3 unspecified atom stereocenters. The second-order valence-electron chi connectivity index (χ2n) is 23.3. The number of amides is 1. The SMILES string of the molecule is COc1c(F)c(-c2cc(OC(F)F)cc3ccc(F)c(C#C[Si](C(C)C)(C(C)C)C(C)C)c23)c(F)c2nc(OCC3(CO[Si](C)(C)C(C)(C)C)CC3(F)F)nc(N3CC4CCC(C3)N4C(=O)OC(C)(C)C)c12. The molecule has 3 heterocycles. The molecule has 0 radical (unpaired) electrons. The van der Waals surface area contributed by atoms with E-state index >= 15 is 22.0 Å². The number of benzene rings is 3. The summed E-state index contributed by atoms with van der Waals surface area (Å²) >= 11 is 0. The number of halogens is 7. The van der Waals surface area contributed by atoms with Gasteiger partial charge in [-0.1, -0.05) is 74.3 Å². The number of aromatic nitrogens is 2. The molecule has 1 amide bonds. The second-order valence-corrected chi connectivity index (χ2v) is 33.7. The van der Waals surface area contributed by atoms with E-state index in [0.717, 1.165) is 19.2 Å². The predicted molar refractivity (Wildman–Crippen MR) is 271 cm³/mol. The quantitative estimate of drug-likeness (QED) is 0.0695.